The third-order valence-corrected chi connectivity index (χ3v) is 4.83. The average molecular weight is 339 g/mol. The SMILES string of the molecule is CN1CC(c2c[nH]c3ccc(-n4cncn4)cc23)C12OC(=O)C(=O)O2. The van der Waals surface area contributed by atoms with Crippen LogP contribution in [0.15, 0.2) is 37.1 Å². The standard InChI is InChI=1S/C16H13N5O4/c1-20-6-12(16(20)24-14(22)15(23)25-16)11-5-18-13-3-2-9(4-10(11)13)21-8-17-7-19-21/h2-5,7-8,12,18H,6H2,1H3. The molecular weight excluding hydrogens is 326 g/mol. The quantitative estimate of drug-likeness (QED) is 0.537. The van der Waals surface area contributed by atoms with Gasteiger partial charge in [-0.2, -0.15) is 5.10 Å². The molecule has 2 saturated heterocycles. The van der Waals surface area contributed by atoms with Crippen molar-refractivity contribution >= 4 is 22.8 Å². The topological polar surface area (TPSA) is 102 Å². The summed E-state index contributed by atoms with van der Waals surface area (Å²) in [5, 5.41) is 5.09. The van der Waals surface area contributed by atoms with Crippen LogP contribution in [0.4, 0.5) is 0 Å². The fourth-order valence-corrected chi connectivity index (χ4v) is 3.54. The summed E-state index contributed by atoms with van der Waals surface area (Å²) in [6.07, 6.45) is 4.94. The molecule has 2 fully saturated rings. The Morgan fingerprint density at radius 2 is 2.08 bits per heavy atom. The number of likely N-dealkylation sites (N-methyl/N-ethyl adjacent to an activating group) is 1. The van der Waals surface area contributed by atoms with Gasteiger partial charge in [-0.1, -0.05) is 0 Å². The Hall–Kier alpha value is -3.20. The minimum absolute atomic E-state index is 0.271. The number of hydrogen-bond donors (Lipinski definition) is 1. The molecular formula is C16H13N5O4. The smallest absolute Gasteiger partial charge is 0.399 e. The molecule has 2 aromatic heterocycles. The van der Waals surface area contributed by atoms with E-state index >= 15 is 0 Å². The average Bonchev–Trinajstić information content (AvgIpc) is 3.33. The number of esters is 2. The summed E-state index contributed by atoms with van der Waals surface area (Å²) < 4.78 is 12.2. The zero-order chi connectivity index (χ0) is 17.2. The van der Waals surface area contributed by atoms with Crippen molar-refractivity contribution in [3.05, 3.63) is 42.6 Å². The molecule has 1 unspecified atom stereocenters. The number of rotatable bonds is 2. The van der Waals surface area contributed by atoms with Crippen molar-refractivity contribution in [2.75, 3.05) is 13.6 Å². The van der Waals surface area contributed by atoms with Crippen LogP contribution in [0.3, 0.4) is 0 Å². The van der Waals surface area contributed by atoms with Gasteiger partial charge in [0.25, 0.3) is 0 Å². The number of carbonyl (C=O) groups excluding carboxylic acids is 2. The van der Waals surface area contributed by atoms with Crippen molar-refractivity contribution < 1.29 is 19.1 Å². The molecule has 2 aliphatic heterocycles. The second-order valence-electron chi connectivity index (χ2n) is 6.16. The molecule has 0 saturated carbocycles. The molecule has 0 radical (unpaired) electrons. The zero-order valence-corrected chi connectivity index (χ0v) is 13.2. The largest absolute Gasteiger partial charge is 0.421 e. The van der Waals surface area contributed by atoms with Crippen LogP contribution in [0.25, 0.3) is 16.6 Å². The van der Waals surface area contributed by atoms with Crippen molar-refractivity contribution in [3.8, 4) is 5.69 Å². The van der Waals surface area contributed by atoms with Crippen LogP contribution in [0, 0.1) is 0 Å². The van der Waals surface area contributed by atoms with E-state index in [0.29, 0.717) is 6.54 Å². The number of nitrogens with one attached hydrogen (secondary N) is 1. The van der Waals surface area contributed by atoms with Gasteiger partial charge in [0.1, 0.15) is 12.7 Å². The Labute approximate surface area is 141 Å². The number of hydrogen-bond acceptors (Lipinski definition) is 7. The Morgan fingerprint density at radius 3 is 2.76 bits per heavy atom. The summed E-state index contributed by atoms with van der Waals surface area (Å²) in [5.41, 5.74) is 2.70. The molecule has 9 nitrogen and oxygen atoms in total. The van der Waals surface area contributed by atoms with E-state index in [1.807, 2.05) is 24.4 Å². The Kier molecular flexibility index (Phi) is 2.65. The molecule has 3 aromatic rings. The highest BCUT2D eigenvalue weighted by Crippen LogP contribution is 2.48. The van der Waals surface area contributed by atoms with Crippen LogP contribution in [-0.4, -0.2) is 56.1 Å². The molecule has 25 heavy (non-hydrogen) atoms. The van der Waals surface area contributed by atoms with Gasteiger partial charge in [0.15, 0.2) is 0 Å². The third-order valence-electron chi connectivity index (χ3n) is 4.83. The van der Waals surface area contributed by atoms with E-state index in [-0.39, 0.29) is 5.92 Å². The molecule has 4 heterocycles. The third kappa shape index (κ3) is 1.81. The summed E-state index contributed by atoms with van der Waals surface area (Å²) in [7, 11) is 1.75. The highest BCUT2D eigenvalue weighted by Gasteiger charge is 2.65. The fourth-order valence-electron chi connectivity index (χ4n) is 3.54. The second-order valence-corrected chi connectivity index (χ2v) is 6.16. The molecule has 1 atom stereocenters. The highest BCUT2D eigenvalue weighted by atomic mass is 16.8. The summed E-state index contributed by atoms with van der Waals surface area (Å²) in [5.74, 6) is -3.54. The van der Waals surface area contributed by atoms with Gasteiger partial charge in [0.2, 0.25) is 0 Å². The van der Waals surface area contributed by atoms with E-state index in [4.69, 9.17) is 9.47 Å². The van der Waals surface area contributed by atoms with Gasteiger partial charge in [-0.3, -0.25) is 0 Å². The number of fused-ring (bicyclic) bond motifs is 1. The Balaban J connectivity index is 1.60. The fraction of sp³-hybridized carbons (Fsp3) is 0.250. The number of nitrogens with zero attached hydrogens (tertiary/aromatic N) is 4. The predicted molar refractivity (Wildman–Crippen MR) is 83.5 cm³/mol. The van der Waals surface area contributed by atoms with Gasteiger partial charge >= 0.3 is 17.8 Å². The zero-order valence-electron chi connectivity index (χ0n) is 13.2. The van der Waals surface area contributed by atoms with Crippen molar-refractivity contribution in [1.29, 1.82) is 0 Å². The minimum Gasteiger partial charge on any atom is -0.399 e. The minimum atomic E-state index is -1.35. The summed E-state index contributed by atoms with van der Waals surface area (Å²) in [6, 6.07) is 5.84. The number of benzene rings is 1. The normalized spacial score (nSPS) is 22.2. The van der Waals surface area contributed by atoms with Gasteiger partial charge in [0.05, 0.1) is 11.6 Å². The van der Waals surface area contributed by atoms with Crippen molar-refractivity contribution in [1.82, 2.24) is 24.6 Å². The lowest BCUT2D eigenvalue weighted by Crippen LogP contribution is -2.65. The van der Waals surface area contributed by atoms with Crippen LogP contribution in [0.2, 0.25) is 0 Å². The van der Waals surface area contributed by atoms with Crippen LogP contribution in [-0.2, 0) is 19.1 Å². The molecule has 1 aromatic carbocycles. The molecule has 0 bridgehead atoms. The van der Waals surface area contributed by atoms with Crippen LogP contribution in [0.5, 0.6) is 0 Å². The molecule has 0 amide bonds. The van der Waals surface area contributed by atoms with E-state index in [9.17, 15) is 9.59 Å². The molecule has 2 aliphatic rings. The van der Waals surface area contributed by atoms with E-state index in [1.165, 1.54) is 6.33 Å². The first-order valence-electron chi connectivity index (χ1n) is 7.72. The molecule has 5 rings (SSSR count). The number of likely N-dealkylation sites (tertiary alicyclic amines) is 1. The second kappa shape index (κ2) is 4.67. The van der Waals surface area contributed by atoms with Gasteiger partial charge < -0.3 is 14.5 Å². The maximum Gasteiger partial charge on any atom is 0.421 e. The maximum absolute atomic E-state index is 11.6. The predicted octanol–water partition coefficient (Wildman–Crippen LogP) is 0.531. The summed E-state index contributed by atoms with van der Waals surface area (Å²) in [6.45, 7) is 0.598. The molecule has 1 spiro atoms. The van der Waals surface area contributed by atoms with E-state index < -0.39 is 17.8 Å². The lowest BCUT2D eigenvalue weighted by molar-refractivity contribution is -0.306. The van der Waals surface area contributed by atoms with Crippen molar-refractivity contribution in [2.45, 2.75) is 11.8 Å². The van der Waals surface area contributed by atoms with E-state index in [1.54, 1.807) is 23.0 Å². The van der Waals surface area contributed by atoms with Crippen LogP contribution in [0.1, 0.15) is 11.5 Å². The Morgan fingerprint density at radius 1 is 1.28 bits per heavy atom. The van der Waals surface area contributed by atoms with Gasteiger partial charge in [-0.05, 0) is 30.8 Å². The monoisotopic (exact) mass is 339 g/mol. The lowest BCUT2D eigenvalue weighted by atomic mass is 9.86. The molecule has 1 N–H and O–H groups in total. The number of aromatic nitrogens is 4. The molecule has 126 valence electrons. The van der Waals surface area contributed by atoms with Crippen LogP contribution < -0.4 is 0 Å². The van der Waals surface area contributed by atoms with E-state index in [0.717, 1.165) is 22.2 Å². The van der Waals surface area contributed by atoms with E-state index in [2.05, 4.69) is 15.1 Å². The summed E-state index contributed by atoms with van der Waals surface area (Å²) >= 11 is 0. The molecule has 9 heteroatoms. The first-order valence-corrected chi connectivity index (χ1v) is 7.72. The van der Waals surface area contributed by atoms with Gasteiger partial charge in [0, 0.05) is 23.6 Å². The molecule has 0 aliphatic carbocycles. The number of ether oxygens (including phenoxy) is 2. The maximum atomic E-state index is 11.6. The number of carbonyl (C=O) groups is 2. The highest BCUT2D eigenvalue weighted by molar-refractivity contribution is 6.31. The number of H-pyrrole nitrogens is 1. The first kappa shape index (κ1) is 14.2. The Bertz CT molecular complexity index is 993. The van der Waals surface area contributed by atoms with Crippen molar-refractivity contribution in [3.63, 3.8) is 0 Å². The van der Waals surface area contributed by atoms with Crippen LogP contribution >= 0.6 is 0 Å². The van der Waals surface area contributed by atoms with Crippen molar-refractivity contribution in [2.24, 2.45) is 0 Å². The lowest BCUT2D eigenvalue weighted by Gasteiger charge is -2.49. The van der Waals surface area contributed by atoms with Gasteiger partial charge in [-0.15, -0.1) is 0 Å². The number of aromatic amines is 1. The summed E-state index contributed by atoms with van der Waals surface area (Å²) in [4.78, 5) is 32.0. The first-order chi connectivity index (χ1) is 12.1. The van der Waals surface area contributed by atoms with Gasteiger partial charge in [-0.25, -0.2) is 24.2 Å².